The zero-order chi connectivity index (χ0) is 20.7. The van der Waals surface area contributed by atoms with Crippen molar-refractivity contribution < 1.29 is 9.53 Å². The third-order valence-corrected chi connectivity index (χ3v) is 6.50. The molecule has 5 heteroatoms. The Morgan fingerprint density at radius 3 is 2.53 bits per heavy atom. The molecule has 0 radical (unpaired) electrons. The fourth-order valence-corrected chi connectivity index (χ4v) is 4.49. The topological polar surface area (TPSA) is 55.3 Å². The summed E-state index contributed by atoms with van der Waals surface area (Å²) in [5, 5.41) is 0. The lowest BCUT2D eigenvalue weighted by Gasteiger charge is -2.44. The molecule has 2 aromatic carbocycles. The molecule has 0 N–H and O–H groups in total. The lowest BCUT2D eigenvalue weighted by atomic mass is 9.81. The van der Waals surface area contributed by atoms with Crippen molar-refractivity contribution in [2.45, 2.75) is 38.7 Å². The molecule has 0 unspecified atom stereocenters. The van der Waals surface area contributed by atoms with E-state index in [1.165, 1.54) is 0 Å². The summed E-state index contributed by atoms with van der Waals surface area (Å²) in [4.78, 5) is 24.1. The highest BCUT2D eigenvalue weighted by molar-refractivity contribution is 6.01. The van der Waals surface area contributed by atoms with E-state index in [-0.39, 0.29) is 5.78 Å². The summed E-state index contributed by atoms with van der Waals surface area (Å²) in [6.07, 6.45) is 3.69. The number of rotatable bonds is 2. The molecule has 5 rings (SSSR count). The van der Waals surface area contributed by atoms with Crippen LogP contribution in [0.5, 0.6) is 5.75 Å². The number of hydrogen-bond donors (Lipinski definition) is 0. The van der Waals surface area contributed by atoms with E-state index in [4.69, 9.17) is 4.74 Å². The van der Waals surface area contributed by atoms with Crippen LogP contribution in [-0.4, -0.2) is 34.4 Å². The van der Waals surface area contributed by atoms with Crippen LogP contribution in [0.4, 0.5) is 5.82 Å². The molecule has 3 heterocycles. The van der Waals surface area contributed by atoms with E-state index in [2.05, 4.69) is 33.9 Å². The second kappa shape index (κ2) is 7.24. The number of nitrogens with zero attached hydrogens (tertiary/aromatic N) is 3. The Balaban J connectivity index is 1.36. The average Bonchev–Trinajstić information content (AvgIpc) is 2.78. The molecule has 0 atom stereocenters. The van der Waals surface area contributed by atoms with E-state index in [1.54, 1.807) is 6.33 Å². The molecule has 1 spiro atoms. The van der Waals surface area contributed by atoms with Gasteiger partial charge in [-0.15, -0.1) is 0 Å². The molecule has 0 saturated carbocycles. The van der Waals surface area contributed by atoms with Gasteiger partial charge in [-0.2, -0.15) is 0 Å². The third-order valence-electron chi connectivity index (χ3n) is 6.50. The second-order valence-corrected chi connectivity index (χ2v) is 8.38. The van der Waals surface area contributed by atoms with Crippen LogP contribution in [0.2, 0.25) is 0 Å². The molecular formula is C25H25N3O2. The summed E-state index contributed by atoms with van der Waals surface area (Å²) in [5.74, 6) is 1.91. The van der Waals surface area contributed by atoms with Crippen molar-refractivity contribution in [3.05, 3.63) is 71.5 Å². The molecule has 30 heavy (non-hydrogen) atoms. The van der Waals surface area contributed by atoms with Crippen molar-refractivity contribution in [2.24, 2.45) is 0 Å². The molecule has 0 amide bonds. The van der Waals surface area contributed by atoms with Crippen LogP contribution in [0.3, 0.4) is 0 Å². The van der Waals surface area contributed by atoms with Crippen LogP contribution in [0.25, 0.3) is 11.3 Å². The average molecular weight is 399 g/mol. The number of aromatic nitrogens is 2. The summed E-state index contributed by atoms with van der Waals surface area (Å²) in [6, 6.07) is 16.1. The van der Waals surface area contributed by atoms with E-state index < -0.39 is 5.60 Å². The maximum Gasteiger partial charge on any atom is 0.170 e. The van der Waals surface area contributed by atoms with Gasteiger partial charge >= 0.3 is 0 Å². The minimum Gasteiger partial charge on any atom is -0.486 e. The Morgan fingerprint density at radius 1 is 1.00 bits per heavy atom. The van der Waals surface area contributed by atoms with Crippen molar-refractivity contribution in [1.82, 2.24) is 9.97 Å². The zero-order valence-electron chi connectivity index (χ0n) is 17.4. The number of anilines is 1. The number of carbonyl (C=O) groups excluding carboxylic acids is 1. The molecule has 2 aliphatic heterocycles. The van der Waals surface area contributed by atoms with Crippen molar-refractivity contribution in [1.29, 1.82) is 0 Å². The van der Waals surface area contributed by atoms with Crippen LogP contribution >= 0.6 is 0 Å². The molecule has 0 aliphatic carbocycles. The number of hydrogen-bond acceptors (Lipinski definition) is 5. The van der Waals surface area contributed by atoms with Gasteiger partial charge in [0.1, 0.15) is 23.5 Å². The molecular weight excluding hydrogens is 374 g/mol. The first-order chi connectivity index (χ1) is 14.5. The van der Waals surface area contributed by atoms with Crippen molar-refractivity contribution in [2.75, 3.05) is 18.0 Å². The minimum absolute atomic E-state index is 0.196. The summed E-state index contributed by atoms with van der Waals surface area (Å²) in [5.41, 5.74) is 4.56. The smallest absolute Gasteiger partial charge is 0.170 e. The van der Waals surface area contributed by atoms with Gasteiger partial charge in [0.15, 0.2) is 5.78 Å². The van der Waals surface area contributed by atoms with Gasteiger partial charge in [-0.1, -0.05) is 36.4 Å². The predicted molar refractivity (Wildman–Crippen MR) is 117 cm³/mol. The second-order valence-electron chi connectivity index (χ2n) is 8.38. The lowest BCUT2D eigenvalue weighted by molar-refractivity contribution is 0.0225. The highest BCUT2D eigenvalue weighted by Gasteiger charge is 2.43. The van der Waals surface area contributed by atoms with E-state index in [0.29, 0.717) is 6.42 Å². The number of ketones is 1. The summed E-state index contributed by atoms with van der Waals surface area (Å²) in [6.45, 7) is 5.71. The molecule has 1 saturated heterocycles. The summed E-state index contributed by atoms with van der Waals surface area (Å²) < 4.78 is 6.54. The normalized spacial score (nSPS) is 17.5. The zero-order valence-corrected chi connectivity index (χ0v) is 17.4. The Hall–Kier alpha value is -3.21. The Morgan fingerprint density at radius 2 is 1.77 bits per heavy atom. The van der Waals surface area contributed by atoms with Crippen molar-refractivity contribution in [3.8, 4) is 17.0 Å². The summed E-state index contributed by atoms with van der Waals surface area (Å²) >= 11 is 0. The molecule has 3 aromatic rings. The van der Waals surface area contributed by atoms with Crippen LogP contribution < -0.4 is 9.64 Å². The first kappa shape index (κ1) is 18.8. The molecule has 152 valence electrons. The van der Waals surface area contributed by atoms with E-state index in [1.807, 2.05) is 43.3 Å². The van der Waals surface area contributed by atoms with Crippen LogP contribution in [0, 0.1) is 13.8 Å². The van der Waals surface area contributed by atoms with E-state index in [0.717, 1.165) is 65.4 Å². The predicted octanol–water partition coefficient (Wildman–Crippen LogP) is 4.76. The fraction of sp³-hybridized carbons (Fsp3) is 0.320. The Kier molecular flexibility index (Phi) is 4.54. The molecule has 5 nitrogen and oxygen atoms in total. The highest BCUT2D eigenvalue weighted by atomic mass is 16.5. The maximum atomic E-state index is 12.9. The number of Topliss-reactive ketones (excluding diaryl/α,β-unsaturated/α-hetero) is 1. The van der Waals surface area contributed by atoms with Gasteiger partial charge in [0.25, 0.3) is 0 Å². The van der Waals surface area contributed by atoms with Crippen LogP contribution in [0.1, 0.15) is 40.7 Å². The number of piperidine rings is 1. The number of fused-ring (bicyclic) bond motifs is 1. The highest BCUT2D eigenvalue weighted by Crippen LogP contribution is 2.42. The first-order valence-electron chi connectivity index (χ1n) is 10.5. The van der Waals surface area contributed by atoms with Gasteiger partial charge in [0.2, 0.25) is 0 Å². The summed E-state index contributed by atoms with van der Waals surface area (Å²) in [7, 11) is 0. The van der Waals surface area contributed by atoms with Gasteiger partial charge in [-0.05, 0) is 31.0 Å². The van der Waals surface area contributed by atoms with E-state index in [9.17, 15) is 4.79 Å². The maximum absolute atomic E-state index is 12.9. The number of aryl methyl sites for hydroxylation is 1. The fourth-order valence-electron chi connectivity index (χ4n) is 4.49. The van der Waals surface area contributed by atoms with Crippen molar-refractivity contribution >= 4 is 11.6 Å². The monoisotopic (exact) mass is 399 g/mol. The molecule has 0 bridgehead atoms. The largest absolute Gasteiger partial charge is 0.486 e. The van der Waals surface area contributed by atoms with Crippen LogP contribution in [0.15, 0.2) is 54.9 Å². The van der Waals surface area contributed by atoms with Gasteiger partial charge in [0, 0.05) is 37.6 Å². The number of carbonyl (C=O) groups is 1. The van der Waals surface area contributed by atoms with Crippen molar-refractivity contribution in [3.63, 3.8) is 0 Å². The van der Waals surface area contributed by atoms with Crippen LogP contribution in [-0.2, 0) is 0 Å². The molecule has 1 aromatic heterocycles. The standard InChI is InChI=1S/C25H25N3O2/c1-17-8-9-20-22(29)15-25(30-24(20)18(17)2)10-12-28(13-11-25)23-14-21(26-16-27-23)19-6-4-3-5-7-19/h3-9,14,16H,10-13,15H2,1-2H3. The quantitative estimate of drug-likeness (QED) is 0.622. The minimum atomic E-state index is -0.408. The Labute approximate surface area is 176 Å². The molecule has 2 aliphatic rings. The van der Waals surface area contributed by atoms with E-state index >= 15 is 0 Å². The number of benzene rings is 2. The number of ether oxygens (including phenoxy) is 1. The van der Waals surface area contributed by atoms with Gasteiger partial charge in [-0.25, -0.2) is 9.97 Å². The Bertz CT molecular complexity index is 1100. The van der Waals surface area contributed by atoms with Gasteiger partial charge < -0.3 is 9.64 Å². The third kappa shape index (κ3) is 3.24. The van der Waals surface area contributed by atoms with Gasteiger partial charge in [0.05, 0.1) is 17.7 Å². The lowest BCUT2D eigenvalue weighted by Crippen LogP contribution is -2.51. The SMILES string of the molecule is Cc1ccc2c(c1C)OC1(CCN(c3cc(-c4ccccc4)ncn3)CC1)CC2=O. The molecule has 1 fully saturated rings. The van der Waals surface area contributed by atoms with Gasteiger partial charge in [-0.3, -0.25) is 4.79 Å². The first-order valence-corrected chi connectivity index (χ1v) is 10.5.